The number of nitrogens with zero attached hydrogens (tertiary/aromatic N) is 5. The molecule has 2 N–H and O–H groups in total. The number of cyclic esters (lactones) is 1. The molecule has 3 heterocycles. The normalized spacial score (nSPS) is 18.9. The first-order chi connectivity index (χ1) is 18.5. The summed E-state index contributed by atoms with van der Waals surface area (Å²) in [5.41, 5.74) is 3.12. The van der Waals surface area contributed by atoms with E-state index in [4.69, 9.17) is 4.74 Å². The number of anilines is 4. The number of aromatic nitrogens is 2. The van der Waals surface area contributed by atoms with Crippen LogP contribution in [0.5, 0.6) is 0 Å². The average Bonchev–Trinajstić information content (AvgIpc) is 3.77. The molecule has 3 aliphatic rings. The molecule has 2 saturated heterocycles. The smallest absolute Gasteiger partial charge is 0.409 e. The van der Waals surface area contributed by atoms with Gasteiger partial charge in [0.1, 0.15) is 5.82 Å². The molecule has 1 amide bonds. The minimum absolute atomic E-state index is 0.109. The van der Waals surface area contributed by atoms with Crippen molar-refractivity contribution >= 4 is 29.2 Å². The van der Waals surface area contributed by atoms with E-state index < -0.39 is 6.43 Å². The molecule has 0 spiro atoms. The molecule has 5 rings (SSSR count). The van der Waals surface area contributed by atoms with E-state index in [0.717, 1.165) is 57.5 Å². The van der Waals surface area contributed by atoms with Crippen LogP contribution in [-0.2, 0) is 4.74 Å². The summed E-state index contributed by atoms with van der Waals surface area (Å²) in [6, 6.07) is 6.42. The summed E-state index contributed by atoms with van der Waals surface area (Å²) in [6.45, 7) is 6.08. The molecule has 1 aliphatic carbocycles. The van der Waals surface area contributed by atoms with Crippen molar-refractivity contribution in [3.8, 4) is 0 Å². The molecule has 0 bridgehead atoms. The number of nitrogens with one attached hydrogen (secondary N) is 2. The van der Waals surface area contributed by atoms with Crippen LogP contribution in [0.15, 0.2) is 24.4 Å². The van der Waals surface area contributed by atoms with Crippen molar-refractivity contribution in [3.05, 3.63) is 35.5 Å². The molecule has 9 nitrogen and oxygen atoms in total. The first kappa shape index (κ1) is 26.4. The highest BCUT2D eigenvalue weighted by molar-refractivity contribution is 5.68. The lowest BCUT2D eigenvalue weighted by atomic mass is 10.1. The molecule has 0 atom stereocenters. The molecule has 206 valence electrons. The largest absolute Gasteiger partial charge is 0.449 e. The van der Waals surface area contributed by atoms with Crippen LogP contribution in [0.1, 0.15) is 55.6 Å². The number of likely N-dealkylation sites (N-methyl/N-ethyl adjacent to an activating group) is 1. The lowest BCUT2D eigenvalue weighted by Gasteiger charge is -2.34. The Balaban J connectivity index is 1.25. The lowest BCUT2D eigenvalue weighted by molar-refractivity contribution is 0.116. The lowest BCUT2D eigenvalue weighted by Crippen LogP contribution is -2.44. The number of alkyl halides is 2. The van der Waals surface area contributed by atoms with Gasteiger partial charge in [-0.1, -0.05) is 0 Å². The predicted octanol–water partition coefficient (Wildman–Crippen LogP) is 4.82. The Morgan fingerprint density at radius 2 is 1.95 bits per heavy atom. The molecule has 1 aromatic carbocycles. The van der Waals surface area contributed by atoms with Crippen LogP contribution in [0.2, 0.25) is 0 Å². The van der Waals surface area contributed by atoms with E-state index in [9.17, 15) is 13.6 Å². The fourth-order valence-electron chi connectivity index (χ4n) is 4.96. The third-order valence-electron chi connectivity index (χ3n) is 7.42. The number of benzene rings is 1. The van der Waals surface area contributed by atoms with E-state index in [1.54, 1.807) is 4.90 Å². The molecule has 38 heavy (non-hydrogen) atoms. The number of rotatable bonds is 10. The zero-order valence-electron chi connectivity index (χ0n) is 22.0. The predicted molar refractivity (Wildman–Crippen MR) is 144 cm³/mol. The molecule has 1 saturated carbocycles. The van der Waals surface area contributed by atoms with E-state index in [1.807, 2.05) is 0 Å². The summed E-state index contributed by atoms with van der Waals surface area (Å²) in [4.78, 5) is 27.0. The van der Waals surface area contributed by atoms with Crippen molar-refractivity contribution in [2.45, 2.75) is 44.4 Å². The highest BCUT2D eigenvalue weighted by Crippen LogP contribution is 2.45. The quantitative estimate of drug-likeness (QED) is 0.424. The minimum Gasteiger partial charge on any atom is -0.449 e. The summed E-state index contributed by atoms with van der Waals surface area (Å²) >= 11 is 0. The molecule has 1 aromatic heterocycles. The zero-order valence-corrected chi connectivity index (χ0v) is 22.0. The Hall–Kier alpha value is -3.21. The Morgan fingerprint density at radius 3 is 2.71 bits per heavy atom. The summed E-state index contributed by atoms with van der Waals surface area (Å²) in [6.07, 6.45) is 2.80. The fraction of sp³-hybridized carbons (Fsp3) is 0.593. The van der Waals surface area contributed by atoms with Crippen LogP contribution >= 0.6 is 0 Å². The molecule has 2 aromatic rings. The average molecular weight is 530 g/mol. The molecular weight excluding hydrogens is 492 g/mol. The van der Waals surface area contributed by atoms with Crippen molar-refractivity contribution < 1.29 is 18.3 Å². The molecular formula is C27H37F2N7O2. The molecule has 3 fully saturated rings. The van der Waals surface area contributed by atoms with Gasteiger partial charge in [-0.15, -0.1) is 0 Å². The molecule has 2 aliphatic heterocycles. The van der Waals surface area contributed by atoms with Crippen LogP contribution in [0, 0.1) is 0 Å². The Morgan fingerprint density at radius 1 is 1.13 bits per heavy atom. The second kappa shape index (κ2) is 12.1. The summed E-state index contributed by atoms with van der Waals surface area (Å²) < 4.78 is 32.5. The van der Waals surface area contributed by atoms with E-state index in [1.165, 1.54) is 17.4 Å². The maximum Gasteiger partial charge on any atom is 0.409 e. The highest BCUT2D eigenvalue weighted by atomic mass is 19.3. The van der Waals surface area contributed by atoms with Gasteiger partial charge in [-0.3, -0.25) is 0 Å². The molecule has 0 unspecified atom stereocenters. The number of carbonyl (C=O) groups excluding carboxylic acids is 1. The van der Waals surface area contributed by atoms with Gasteiger partial charge in [0.05, 0.1) is 12.2 Å². The third kappa shape index (κ3) is 6.61. The van der Waals surface area contributed by atoms with Crippen LogP contribution in [0.3, 0.4) is 0 Å². The monoisotopic (exact) mass is 529 g/mol. The van der Waals surface area contributed by atoms with E-state index >= 15 is 0 Å². The van der Waals surface area contributed by atoms with Crippen molar-refractivity contribution in [3.63, 3.8) is 0 Å². The van der Waals surface area contributed by atoms with Gasteiger partial charge in [-0.2, -0.15) is 4.98 Å². The second-order valence-electron chi connectivity index (χ2n) is 10.3. The van der Waals surface area contributed by atoms with Crippen molar-refractivity contribution in [2.75, 3.05) is 75.0 Å². The molecule has 11 heteroatoms. The third-order valence-corrected chi connectivity index (χ3v) is 7.42. The molecule has 0 radical (unpaired) electrons. The van der Waals surface area contributed by atoms with Crippen molar-refractivity contribution in [1.29, 1.82) is 0 Å². The van der Waals surface area contributed by atoms with Crippen molar-refractivity contribution in [1.82, 2.24) is 19.8 Å². The first-order valence-corrected chi connectivity index (χ1v) is 13.6. The van der Waals surface area contributed by atoms with Gasteiger partial charge in [0, 0.05) is 63.4 Å². The SMILES string of the molecule is CN1CCN(c2ccc(Nc3ncc(C(F)F)c(NCCCN4CCCCOC4=O)n3)c(C3CC3)c2)CC1. The Labute approximate surface area is 222 Å². The van der Waals surface area contributed by atoms with Crippen LogP contribution in [0.4, 0.5) is 36.7 Å². The topological polar surface area (TPSA) is 85.9 Å². The van der Waals surface area contributed by atoms with E-state index in [-0.39, 0.29) is 23.4 Å². The summed E-state index contributed by atoms with van der Waals surface area (Å²) in [5, 5.41) is 6.32. The van der Waals surface area contributed by atoms with Crippen molar-refractivity contribution in [2.24, 2.45) is 0 Å². The Bertz CT molecular complexity index is 1110. The fourth-order valence-corrected chi connectivity index (χ4v) is 4.96. The van der Waals surface area contributed by atoms with Gasteiger partial charge in [0.15, 0.2) is 0 Å². The second-order valence-corrected chi connectivity index (χ2v) is 10.3. The van der Waals surface area contributed by atoms with Gasteiger partial charge >= 0.3 is 6.09 Å². The van der Waals surface area contributed by atoms with E-state index in [2.05, 4.69) is 55.6 Å². The van der Waals surface area contributed by atoms with E-state index in [0.29, 0.717) is 38.6 Å². The van der Waals surface area contributed by atoms with Gasteiger partial charge in [0.2, 0.25) is 5.95 Å². The number of piperazine rings is 1. The first-order valence-electron chi connectivity index (χ1n) is 13.6. The number of hydrogen-bond donors (Lipinski definition) is 2. The maximum absolute atomic E-state index is 13.7. The van der Waals surface area contributed by atoms with Gasteiger partial charge in [-0.05, 0) is 68.8 Å². The summed E-state index contributed by atoms with van der Waals surface area (Å²) in [7, 11) is 2.15. The van der Waals surface area contributed by atoms with Crippen LogP contribution in [-0.4, -0.2) is 85.3 Å². The number of halogens is 2. The number of hydrogen-bond acceptors (Lipinski definition) is 8. The number of carbonyl (C=O) groups is 1. The summed E-state index contributed by atoms with van der Waals surface area (Å²) in [5.74, 6) is 0.883. The van der Waals surface area contributed by atoms with Gasteiger partial charge in [-0.25, -0.2) is 18.6 Å². The Kier molecular flexibility index (Phi) is 8.41. The minimum atomic E-state index is -2.70. The highest BCUT2D eigenvalue weighted by Gasteiger charge is 2.28. The van der Waals surface area contributed by atoms with Crippen LogP contribution < -0.4 is 15.5 Å². The zero-order chi connectivity index (χ0) is 26.5. The maximum atomic E-state index is 13.7. The van der Waals surface area contributed by atoms with Crippen LogP contribution in [0.25, 0.3) is 0 Å². The van der Waals surface area contributed by atoms with Gasteiger partial charge in [0.25, 0.3) is 6.43 Å². The number of amides is 1. The van der Waals surface area contributed by atoms with Gasteiger partial charge < -0.3 is 30.1 Å². The number of ether oxygens (including phenoxy) is 1. The standard InChI is InChI=1S/C27H37F2N7O2/c1-34-12-14-35(15-13-34)20-7-8-23(21(17-20)19-5-6-19)32-26-31-18-22(24(28)29)25(33-26)30-9-4-11-36-10-2-3-16-38-27(36)37/h7-8,17-19,24H,2-6,9-16H2,1H3,(H2,30,31,32,33).